The van der Waals surface area contributed by atoms with Crippen molar-refractivity contribution in [3.05, 3.63) is 164 Å². The first-order valence-electron chi connectivity index (χ1n) is 15.9. The van der Waals surface area contributed by atoms with Crippen LogP contribution < -0.4 is 0 Å². The number of benzene rings is 7. The van der Waals surface area contributed by atoms with Crippen LogP contribution >= 0.6 is 0 Å². The van der Waals surface area contributed by atoms with E-state index in [0.29, 0.717) is 0 Å². The molecule has 0 unspecified atom stereocenters. The van der Waals surface area contributed by atoms with Gasteiger partial charge in [-0.3, -0.25) is 4.57 Å². The quantitative estimate of drug-likeness (QED) is 0.201. The Morgan fingerprint density at radius 3 is 1.79 bits per heavy atom. The summed E-state index contributed by atoms with van der Waals surface area (Å²) in [5, 5.41) is 4.71. The molecule has 0 amide bonds. The predicted octanol–water partition coefficient (Wildman–Crippen LogP) is 11.4. The molecule has 0 aliphatic heterocycles. The summed E-state index contributed by atoms with van der Waals surface area (Å²) in [7, 11) is 0. The molecule has 0 aliphatic rings. The Balaban J connectivity index is 1.13. The molecule has 0 atom stereocenters. The first kappa shape index (κ1) is 25.9. The zero-order valence-electron chi connectivity index (χ0n) is 25.3. The van der Waals surface area contributed by atoms with Crippen molar-refractivity contribution in [2.45, 2.75) is 0 Å². The lowest BCUT2D eigenvalue weighted by molar-refractivity contribution is 0.669. The Morgan fingerprint density at radius 1 is 0.383 bits per heavy atom. The third-order valence-electron chi connectivity index (χ3n) is 9.32. The van der Waals surface area contributed by atoms with Gasteiger partial charge in [0.05, 0.1) is 22.1 Å². The summed E-state index contributed by atoms with van der Waals surface area (Å²) in [5.41, 5.74) is 11.7. The van der Waals surface area contributed by atoms with Gasteiger partial charge in [0, 0.05) is 38.5 Å². The van der Waals surface area contributed by atoms with Crippen molar-refractivity contribution in [2.75, 3.05) is 0 Å². The van der Waals surface area contributed by atoms with Gasteiger partial charge in [0.2, 0.25) is 0 Å². The molecule has 220 valence electrons. The number of furan rings is 1. The maximum absolute atomic E-state index is 6.36. The van der Waals surface area contributed by atoms with E-state index in [2.05, 4.69) is 161 Å². The number of rotatable bonds is 4. The molecular formula is C43H27N3O. The van der Waals surface area contributed by atoms with Gasteiger partial charge >= 0.3 is 0 Å². The molecule has 10 rings (SSSR count). The van der Waals surface area contributed by atoms with Crippen molar-refractivity contribution in [1.29, 1.82) is 0 Å². The summed E-state index contributed by atoms with van der Waals surface area (Å²) in [6, 6.07) is 57.7. The molecule has 0 N–H and O–H groups in total. The number of imidazole rings is 1. The predicted molar refractivity (Wildman–Crippen MR) is 194 cm³/mol. The summed E-state index contributed by atoms with van der Waals surface area (Å²) in [5.74, 6) is 0.921. The van der Waals surface area contributed by atoms with Gasteiger partial charge in [0.1, 0.15) is 17.0 Å². The van der Waals surface area contributed by atoms with Crippen molar-refractivity contribution in [1.82, 2.24) is 14.1 Å². The molecule has 0 spiro atoms. The van der Waals surface area contributed by atoms with E-state index in [1.54, 1.807) is 0 Å². The number of hydrogen-bond donors (Lipinski definition) is 0. The molecule has 0 aliphatic carbocycles. The van der Waals surface area contributed by atoms with Crippen LogP contribution in [0, 0.1) is 0 Å². The summed E-state index contributed by atoms with van der Waals surface area (Å²) >= 11 is 0. The second-order valence-corrected chi connectivity index (χ2v) is 12.0. The van der Waals surface area contributed by atoms with E-state index in [-0.39, 0.29) is 0 Å². The van der Waals surface area contributed by atoms with Gasteiger partial charge in [-0.15, -0.1) is 0 Å². The Morgan fingerprint density at radius 2 is 1.00 bits per heavy atom. The zero-order chi connectivity index (χ0) is 30.9. The number of para-hydroxylation sites is 5. The van der Waals surface area contributed by atoms with Crippen LogP contribution in [0.15, 0.2) is 168 Å². The lowest BCUT2D eigenvalue weighted by Gasteiger charge is -2.11. The number of nitrogens with zero attached hydrogens (tertiary/aromatic N) is 3. The fourth-order valence-electron chi connectivity index (χ4n) is 7.18. The standard InChI is InChI=1S/C43H27N3O/c1-2-13-31(14-3-1)46-40-20-9-6-17-37(40)44-43(46)30-12-10-11-28(25-30)29-21-23-41-35(26-29)36-27-32(22-24-42(36)47-41)45-38-18-7-4-15-33(38)34-16-5-8-19-39(34)45/h1-27H. The van der Waals surface area contributed by atoms with Gasteiger partial charge in [-0.05, 0) is 83.9 Å². The molecule has 7 aromatic carbocycles. The normalized spacial score (nSPS) is 11.8. The van der Waals surface area contributed by atoms with Crippen LogP contribution in [0.3, 0.4) is 0 Å². The maximum Gasteiger partial charge on any atom is 0.145 e. The lowest BCUT2D eigenvalue weighted by Crippen LogP contribution is -1.97. The summed E-state index contributed by atoms with van der Waals surface area (Å²) in [4.78, 5) is 5.10. The fourth-order valence-corrected chi connectivity index (χ4v) is 7.18. The van der Waals surface area contributed by atoms with Crippen molar-refractivity contribution in [3.63, 3.8) is 0 Å². The first-order valence-corrected chi connectivity index (χ1v) is 15.9. The Labute approximate surface area is 270 Å². The molecule has 3 aromatic heterocycles. The molecule has 4 nitrogen and oxygen atoms in total. The topological polar surface area (TPSA) is 35.9 Å². The highest BCUT2D eigenvalue weighted by molar-refractivity contribution is 6.11. The molecule has 0 fully saturated rings. The third-order valence-corrected chi connectivity index (χ3v) is 9.32. The number of aromatic nitrogens is 3. The molecule has 0 saturated carbocycles. The minimum Gasteiger partial charge on any atom is -0.456 e. The largest absolute Gasteiger partial charge is 0.456 e. The highest BCUT2D eigenvalue weighted by Gasteiger charge is 2.17. The minimum absolute atomic E-state index is 0.880. The molecule has 0 bridgehead atoms. The molecule has 0 saturated heterocycles. The van der Waals surface area contributed by atoms with E-state index in [4.69, 9.17) is 9.40 Å². The Hall–Kier alpha value is -6.39. The smallest absolute Gasteiger partial charge is 0.145 e. The van der Waals surface area contributed by atoms with E-state index >= 15 is 0 Å². The second-order valence-electron chi connectivity index (χ2n) is 12.0. The monoisotopic (exact) mass is 601 g/mol. The molecule has 3 heterocycles. The highest BCUT2D eigenvalue weighted by atomic mass is 16.3. The van der Waals surface area contributed by atoms with E-state index in [1.165, 1.54) is 21.8 Å². The van der Waals surface area contributed by atoms with Gasteiger partial charge < -0.3 is 8.98 Å². The lowest BCUT2D eigenvalue weighted by atomic mass is 10.0. The fraction of sp³-hybridized carbons (Fsp3) is 0. The minimum atomic E-state index is 0.880. The highest BCUT2D eigenvalue weighted by Crippen LogP contribution is 2.38. The van der Waals surface area contributed by atoms with Gasteiger partial charge in [0.25, 0.3) is 0 Å². The van der Waals surface area contributed by atoms with Crippen LogP contribution in [0.2, 0.25) is 0 Å². The SMILES string of the molecule is c1ccc(-n2c(-c3cccc(-c4ccc5oc6ccc(-n7c8ccccc8c8ccccc87)cc6c5c4)c3)nc3ccccc32)cc1. The molecule has 0 radical (unpaired) electrons. The van der Waals surface area contributed by atoms with Crippen molar-refractivity contribution in [2.24, 2.45) is 0 Å². The average molecular weight is 602 g/mol. The average Bonchev–Trinajstić information content (AvgIpc) is 3.81. The zero-order valence-corrected chi connectivity index (χ0v) is 25.3. The number of hydrogen-bond acceptors (Lipinski definition) is 2. The molecular weight excluding hydrogens is 574 g/mol. The van der Waals surface area contributed by atoms with Crippen LogP contribution in [0.1, 0.15) is 0 Å². The van der Waals surface area contributed by atoms with Gasteiger partial charge in [0.15, 0.2) is 0 Å². The van der Waals surface area contributed by atoms with E-state index in [1.807, 2.05) is 12.1 Å². The Bertz CT molecular complexity index is 2750. The molecule has 47 heavy (non-hydrogen) atoms. The Kier molecular flexibility index (Phi) is 5.54. The van der Waals surface area contributed by atoms with Crippen LogP contribution in [-0.4, -0.2) is 14.1 Å². The van der Waals surface area contributed by atoms with Gasteiger partial charge in [-0.1, -0.05) is 91.0 Å². The van der Waals surface area contributed by atoms with Crippen molar-refractivity contribution < 1.29 is 4.42 Å². The van der Waals surface area contributed by atoms with E-state index in [0.717, 1.165) is 66.9 Å². The molecule has 4 heteroatoms. The van der Waals surface area contributed by atoms with Crippen LogP contribution in [0.4, 0.5) is 0 Å². The van der Waals surface area contributed by atoms with Crippen molar-refractivity contribution >= 4 is 54.8 Å². The third kappa shape index (κ3) is 3.98. The van der Waals surface area contributed by atoms with Gasteiger partial charge in [-0.25, -0.2) is 4.98 Å². The second kappa shape index (κ2) is 10.1. The molecule has 10 aromatic rings. The maximum atomic E-state index is 6.36. The first-order chi connectivity index (χ1) is 23.3. The summed E-state index contributed by atoms with van der Waals surface area (Å²) in [6.07, 6.45) is 0. The summed E-state index contributed by atoms with van der Waals surface area (Å²) in [6.45, 7) is 0. The van der Waals surface area contributed by atoms with E-state index in [9.17, 15) is 0 Å². The van der Waals surface area contributed by atoms with Crippen LogP contribution in [0.5, 0.6) is 0 Å². The van der Waals surface area contributed by atoms with E-state index < -0.39 is 0 Å². The van der Waals surface area contributed by atoms with Gasteiger partial charge in [-0.2, -0.15) is 0 Å². The summed E-state index contributed by atoms with van der Waals surface area (Å²) < 4.78 is 11.0. The van der Waals surface area contributed by atoms with Crippen molar-refractivity contribution in [3.8, 4) is 33.9 Å². The van der Waals surface area contributed by atoms with Crippen LogP contribution in [0.25, 0.3) is 88.7 Å². The van der Waals surface area contributed by atoms with Crippen LogP contribution in [-0.2, 0) is 0 Å². The number of fused-ring (bicyclic) bond motifs is 7.